The van der Waals surface area contributed by atoms with Gasteiger partial charge in [-0.05, 0) is 5.56 Å². The third kappa shape index (κ3) is 3.27. The first-order valence-corrected chi connectivity index (χ1v) is 7.33. The molecule has 4 N–H and O–H groups in total. The standard InChI is InChI=1S/C15H16N4OS/c1-20-7-8-21-15-11(9-16)12(13(17)14(18)19-15)10-5-3-2-4-6-10/h2-6H,7-8,17H2,1H3,(H2,18,19). The first-order valence-electron chi connectivity index (χ1n) is 6.35. The predicted octanol–water partition coefficient (Wildman–Crippen LogP) is 2.52. The molecule has 0 aliphatic rings. The molecule has 2 rings (SSSR count). The van der Waals surface area contributed by atoms with Crippen molar-refractivity contribution in [3.63, 3.8) is 0 Å². The fourth-order valence-corrected chi connectivity index (χ4v) is 2.83. The smallest absolute Gasteiger partial charge is 0.148 e. The molecule has 1 heterocycles. The molecule has 5 nitrogen and oxygen atoms in total. The molecule has 0 bridgehead atoms. The number of methoxy groups -OCH3 is 1. The number of nitrogens with two attached hydrogens (primary N) is 2. The molecule has 21 heavy (non-hydrogen) atoms. The minimum atomic E-state index is 0.243. The number of nitrogen functional groups attached to an aromatic ring is 2. The van der Waals surface area contributed by atoms with E-state index < -0.39 is 0 Å². The first-order chi connectivity index (χ1) is 10.2. The lowest BCUT2D eigenvalue weighted by Crippen LogP contribution is -2.05. The molecule has 0 saturated carbocycles. The Kier molecular flexibility index (Phi) is 5.04. The summed E-state index contributed by atoms with van der Waals surface area (Å²) >= 11 is 1.43. The number of rotatable bonds is 5. The summed E-state index contributed by atoms with van der Waals surface area (Å²) in [5, 5.41) is 10.1. The average Bonchev–Trinajstić information content (AvgIpc) is 2.51. The minimum Gasteiger partial charge on any atom is -0.395 e. The molecular weight excluding hydrogens is 284 g/mol. The number of anilines is 2. The number of hydrogen-bond donors (Lipinski definition) is 2. The van der Waals surface area contributed by atoms with Crippen LogP contribution in [0.2, 0.25) is 0 Å². The largest absolute Gasteiger partial charge is 0.395 e. The van der Waals surface area contributed by atoms with E-state index in [2.05, 4.69) is 11.1 Å². The molecule has 0 unspecified atom stereocenters. The molecule has 108 valence electrons. The Morgan fingerprint density at radius 1 is 1.29 bits per heavy atom. The van der Waals surface area contributed by atoms with E-state index in [0.29, 0.717) is 34.2 Å². The van der Waals surface area contributed by atoms with E-state index >= 15 is 0 Å². The van der Waals surface area contributed by atoms with Crippen LogP contribution in [0.4, 0.5) is 11.5 Å². The van der Waals surface area contributed by atoms with Gasteiger partial charge < -0.3 is 16.2 Å². The van der Waals surface area contributed by atoms with Crippen LogP contribution in [-0.4, -0.2) is 24.5 Å². The van der Waals surface area contributed by atoms with Gasteiger partial charge in [-0.25, -0.2) is 4.98 Å². The zero-order valence-corrected chi connectivity index (χ0v) is 12.5. The van der Waals surface area contributed by atoms with Gasteiger partial charge >= 0.3 is 0 Å². The number of ether oxygens (including phenoxy) is 1. The highest BCUT2D eigenvalue weighted by Crippen LogP contribution is 2.37. The van der Waals surface area contributed by atoms with Crippen LogP contribution in [0, 0.1) is 11.3 Å². The third-order valence-corrected chi connectivity index (χ3v) is 3.87. The van der Waals surface area contributed by atoms with Gasteiger partial charge in [-0.1, -0.05) is 30.3 Å². The maximum absolute atomic E-state index is 9.50. The van der Waals surface area contributed by atoms with E-state index in [4.69, 9.17) is 16.2 Å². The number of nitrogens with zero attached hydrogens (tertiary/aromatic N) is 2. The summed E-state index contributed by atoms with van der Waals surface area (Å²) in [7, 11) is 1.63. The zero-order valence-electron chi connectivity index (χ0n) is 11.7. The monoisotopic (exact) mass is 300 g/mol. The zero-order chi connectivity index (χ0) is 15.2. The van der Waals surface area contributed by atoms with Gasteiger partial charge in [-0.3, -0.25) is 0 Å². The average molecular weight is 300 g/mol. The Morgan fingerprint density at radius 2 is 2.00 bits per heavy atom. The van der Waals surface area contributed by atoms with Crippen LogP contribution in [0.3, 0.4) is 0 Å². The molecule has 1 aromatic heterocycles. The number of aromatic nitrogens is 1. The second-order valence-electron chi connectivity index (χ2n) is 4.28. The third-order valence-electron chi connectivity index (χ3n) is 2.93. The van der Waals surface area contributed by atoms with Crippen molar-refractivity contribution in [2.24, 2.45) is 0 Å². The van der Waals surface area contributed by atoms with E-state index in [1.165, 1.54) is 11.8 Å². The van der Waals surface area contributed by atoms with Crippen LogP contribution in [0.15, 0.2) is 35.4 Å². The van der Waals surface area contributed by atoms with E-state index in [9.17, 15) is 5.26 Å². The fraction of sp³-hybridized carbons (Fsp3) is 0.200. The molecule has 0 fully saturated rings. The molecule has 0 radical (unpaired) electrons. The fourth-order valence-electron chi connectivity index (χ4n) is 1.93. The lowest BCUT2D eigenvalue weighted by atomic mass is 10.0. The summed E-state index contributed by atoms with van der Waals surface area (Å²) in [4.78, 5) is 4.24. The summed E-state index contributed by atoms with van der Waals surface area (Å²) in [5.41, 5.74) is 14.2. The van der Waals surface area contributed by atoms with Gasteiger partial charge in [0.25, 0.3) is 0 Å². The van der Waals surface area contributed by atoms with Crippen molar-refractivity contribution >= 4 is 23.3 Å². The van der Waals surface area contributed by atoms with Crippen LogP contribution in [0.5, 0.6) is 0 Å². The van der Waals surface area contributed by atoms with Crippen LogP contribution in [0.25, 0.3) is 11.1 Å². The summed E-state index contributed by atoms with van der Waals surface area (Å²) in [5.74, 6) is 0.934. The first kappa shape index (κ1) is 15.2. The Morgan fingerprint density at radius 3 is 2.62 bits per heavy atom. The van der Waals surface area contributed by atoms with Gasteiger partial charge in [-0.15, -0.1) is 11.8 Å². The van der Waals surface area contributed by atoms with Gasteiger partial charge in [0.1, 0.15) is 16.9 Å². The highest BCUT2D eigenvalue weighted by Gasteiger charge is 2.18. The molecule has 0 aliphatic carbocycles. The SMILES string of the molecule is COCCSc1nc(N)c(N)c(-c2ccccc2)c1C#N. The topological polar surface area (TPSA) is 97.9 Å². The summed E-state index contributed by atoms with van der Waals surface area (Å²) in [6.07, 6.45) is 0. The molecule has 6 heteroatoms. The van der Waals surface area contributed by atoms with E-state index in [1.54, 1.807) is 7.11 Å². The van der Waals surface area contributed by atoms with E-state index in [-0.39, 0.29) is 5.82 Å². The number of benzene rings is 1. The van der Waals surface area contributed by atoms with Crippen molar-refractivity contribution in [1.29, 1.82) is 5.26 Å². The summed E-state index contributed by atoms with van der Waals surface area (Å²) < 4.78 is 5.02. The second kappa shape index (κ2) is 6.97. The molecule has 0 spiro atoms. The van der Waals surface area contributed by atoms with E-state index in [1.807, 2.05) is 30.3 Å². The van der Waals surface area contributed by atoms with Crippen molar-refractivity contribution in [3.8, 4) is 17.2 Å². The van der Waals surface area contributed by atoms with Gasteiger partial charge in [0.05, 0.1) is 17.9 Å². The molecule has 0 amide bonds. The molecule has 0 saturated heterocycles. The lowest BCUT2D eigenvalue weighted by Gasteiger charge is -2.13. The number of nitriles is 1. The Bertz CT molecular complexity index is 668. The predicted molar refractivity (Wildman–Crippen MR) is 85.8 cm³/mol. The van der Waals surface area contributed by atoms with Crippen molar-refractivity contribution in [3.05, 3.63) is 35.9 Å². The Hall–Kier alpha value is -2.23. The normalized spacial score (nSPS) is 10.3. The van der Waals surface area contributed by atoms with Crippen molar-refractivity contribution in [2.75, 3.05) is 30.9 Å². The highest BCUT2D eigenvalue weighted by molar-refractivity contribution is 7.99. The molecule has 0 aliphatic heterocycles. The minimum absolute atomic E-state index is 0.243. The van der Waals surface area contributed by atoms with Crippen molar-refractivity contribution in [1.82, 2.24) is 4.98 Å². The van der Waals surface area contributed by atoms with Crippen LogP contribution < -0.4 is 11.5 Å². The van der Waals surface area contributed by atoms with Gasteiger partial charge in [0.2, 0.25) is 0 Å². The van der Waals surface area contributed by atoms with Crippen molar-refractivity contribution < 1.29 is 4.74 Å². The van der Waals surface area contributed by atoms with Crippen LogP contribution >= 0.6 is 11.8 Å². The van der Waals surface area contributed by atoms with Gasteiger partial charge in [-0.2, -0.15) is 5.26 Å². The number of hydrogen-bond acceptors (Lipinski definition) is 6. The second-order valence-corrected chi connectivity index (χ2v) is 5.37. The maximum atomic E-state index is 9.50. The molecule has 2 aromatic rings. The Labute approximate surface area is 127 Å². The lowest BCUT2D eigenvalue weighted by molar-refractivity contribution is 0.218. The summed E-state index contributed by atoms with van der Waals surface area (Å²) in [6.45, 7) is 0.572. The van der Waals surface area contributed by atoms with E-state index in [0.717, 1.165) is 5.56 Å². The Balaban J connectivity index is 2.55. The number of pyridine rings is 1. The maximum Gasteiger partial charge on any atom is 0.148 e. The van der Waals surface area contributed by atoms with Gasteiger partial charge in [0, 0.05) is 18.4 Å². The highest BCUT2D eigenvalue weighted by atomic mass is 32.2. The quantitative estimate of drug-likeness (QED) is 0.650. The van der Waals surface area contributed by atoms with Gasteiger partial charge in [0.15, 0.2) is 0 Å². The molecule has 1 aromatic carbocycles. The summed E-state index contributed by atoms with van der Waals surface area (Å²) in [6, 6.07) is 11.7. The van der Waals surface area contributed by atoms with Crippen LogP contribution in [0.1, 0.15) is 5.56 Å². The molecule has 0 atom stereocenters. The van der Waals surface area contributed by atoms with Crippen LogP contribution in [-0.2, 0) is 4.74 Å². The molecular formula is C15H16N4OS. The number of thioether (sulfide) groups is 1. The van der Waals surface area contributed by atoms with Crippen molar-refractivity contribution in [2.45, 2.75) is 5.03 Å².